The van der Waals surface area contributed by atoms with Gasteiger partial charge < -0.3 is 4.74 Å². The van der Waals surface area contributed by atoms with Gasteiger partial charge >= 0.3 is 0 Å². The number of nitrogens with zero attached hydrogens (tertiary/aromatic N) is 2. The molecule has 162 valence electrons. The Hall–Kier alpha value is -3.06. The van der Waals surface area contributed by atoms with Crippen molar-refractivity contribution in [3.05, 3.63) is 88.4 Å². The summed E-state index contributed by atoms with van der Waals surface area (Å²) < 4.78 is 5.25. The number of hydrogen-bond acceptors (Lipinski definition) is 5. The molecule has 0 saturated carbocycles. The third kappa shape index (κ3) is 3.32. The Balaban J connectivity index is 1.60. The van der Waals surface area contributed by atoms with Gasteiger partial charge in [0.1, 0.15) is 11.7 Å². The summed E-state index contributed by atoms with van der Waals surface area (Å²) in [5.41, 5.74) is 1.80. The van der Waals surface area contributed by atoms with Crippen LogP contribution in [0.2, 0.25) is 10.0 Å². The molecule has 32 heavy (non-hydrogen) atoms. The monoisotopic (exact) mass is 468 g/mol. The fourth-order valence-corrected chi connectivity index (χ4v) is 4.79. The van der Waals surface area contributed by atoms with Crippen molar-refractivity contribution in [1.29, 1.82) is 0 Å². The highest BCUT2D eigenvalue weighted by Gasteiger charge is 2.60. The average Bonchev–Trinajstić information content (AvgIpc) is 3.30. The number of anilines is 2. The quantitative estimate of drug-likeness (QED) is 0.501. The zero-order valence-corrected chi connectivity index (χ0v) is 18.5. The summed E-state index contributed by atoms with van der Waals surface area (Å²) in [6, 6.07) is 20.6. The number of carbonyl (C=O) groups excluding carboxylic acids is 2. The van der Waals surface area contributed by atoms with Crippen molar-refractivity contribution in [2.45, 2.75) is 12.1 Å². The molecule has 0 aromatic heterocycles. The van der Waals surface area contributed by atoms with E-state index in [9.17, 15) is 9.59 Å². The van der Waals surface area contributed by atoms with E-state index in [2.05, 4.69) is 0 Å². The third-order valence-electron chi connectivity index (χ3n) is 5.72. The molecule has 3 aromatic rings. The van der Waals surface area contributed by atoms with E-state index in [1.165, 1.54) is 7.11 Å². The zero-order chi connectivity index (χ0) is 22.4. The first-order chi connectivity index (χ1) is 15.5. The fourth-order valence-electron chi connectivity index (χ4n) is 4.27. The summed E-state index contributed by atoms with van der Waals surface area (Å²) in [5.74, 6) is -1.03. The van der Waals surface area contributed by atoms with Crippen molar-refractivity contribution < 1.29 is 19.2 Å². The molecule has 2 fully saturated rings. The van der Waals surface area contributed by atoms with E-state index >= 15 is 0 Å². The molecule has 0 aliphatic carbocycles. The summed E-state index contributed by atoms with van der Waals surface area (Å²) in [6.07, 6.45) is -0.981. The number of carbonyl (C=O) groups is 2. The molecule has 0 N–H and O–H groups in total. The van der Waals surface area contributed by atoms with Crippen LogP contribution in [0, 0.1) is 5.92 Å². The van der Waals surface area contributed by atoms with Crippen LogP contribution in [0.5, 0.6) is 5.75 Å². The highest BCUT2D eigenvalue weighted by atomic mass is 35.5. The number of benzene rings is 3. The predicted octanol–water partition coefficient (Wildman–Crippen LogP) is 5.05. The summed E-state index contributed by atoms with van der Waals surface area (Å²) in [7, 11) is 1.53. The Kier molecular flexibility index (Phi) is 5.29. The second-order valence-corrected chi connectivity index (χ2v) is 8.38. The Labute approximate surface area is 194 Å². The number of para-hydroxylation sites is 1. The van der Waals surface area contributed by atoms with Crippen LogP contribution < -0.4 is 14.7 Å². The van der Waals surface area contributed by atoms with Crippen molar-refractivity contribution in [3.8, 4) is 5.75 Å². The summed E-state index contributed by atoms with van der Waals surface area (Å²) in [6.45, 7) is 0. The highest BCUT2D eigenvalue weighted by molar-refractivity contribution is 6.35. The maximum atomic E-state index is 13.6. The Bertz CT molecular complexity index is 1200. The molecule has 2 aliphatic heterocycles. The van der Waals surface area contributed by atoms with E-state index in [1.807, 2.05) is 30.3 Å². The Morgan fingerprint density at radius 2 is 1.62 bits per heavy atom. The Morgan fingerprint density at radius 1 is 0.875 bits per heavy atom. The SMILES string of the molecule is COc1cccc(N2C(=O)[C@H]3[C@@H](c4ccc(Cl)cc4Cl)N(c4ccccc4)O[C@H]3C2=O)c1. The van der Waals surface area contributed by atoms with Crippen molar-refractivity contribution in [1.82, 2.24) is 0 Å². The van der Waals surface area contributed by atoms with E-state index in [-0.39, 0.29) is 5.91 Å². The first-order valence-corrected chi connectivity index (χ1v) is 10.7. The summed E-state index contributed by atoms with van der Waals surface area (Å²) in [4.78, 5) is 34.3. The van der Waals surface area contributed by atoms with Crippen LogP contribution in [-0.4, -0.2) is 25.0 Å². The van der Waals surface area contributed by atoms with Crippen molar-refractivity contribution >= 4 is 46.4 Å². The van der Waals surface area contributed by atoms with Crippen LogP contribution >= 0.6 is 23.2 Å². The highest BCUT2D eigenvalue weighted by Crippen LogP contribution is 2.49. The molecular weight excluding hydrogens is 451 g/mol. The maximum Gasteiger partial charge on any atom is 0.266 e. The van der Waals surface area contributed by atoms with E-state index in [0.29, 0.717) is 32.7 Å². The molecule has 0 bridgehead atoms. The topological polar surface area (TPSA) is 59.1 Å². The standard InChI is InChI=1S/C24H18Cl2N2O4/c1-31-17-9-5-8-16(13-17)27-23(29)20-21(18-11-10-14(25)12-19(18)26)28(32-22(20)24(27)30)15-6-3-2-4-7-15/h2-13,20-22H,1H3/t20-,21+,22+/m0/s1. The van der Waals surface area contributed by atoms with Crippen molar-refractivity contribution in [2.75, 3.05) is 17.1 Å². The van der Waals surface area contributed by atoms with Gasteiger partial charge in [-0.2, -0.15) is 0 Å². The van der Waals surface area contributed by atoms with Crippen molar-refractivity contribution in [3.63, 3.8) is 0 Å². The van der Waals surface area contributed by atoms with Gasteiger partial charge in [0.2, 0.25) is 5.91 Å². The van der Waals surface area contributed by atoms with Crippen LogP contribution in [0.1, 0.15) is 11.6 Å². The number of hydrogen-bond donors (Lipinski definition) is 0. The van der Waals surface area contributed by atoms with Gasteiger partial charge in [0, 0.05) is 16.1 Å². The summed E-state index contributed by atoms with van der Waals surface area (Å²) >= 11 is 12.6. The van der Waals surface area contributed by atoms with Crippen LogP contribution in [0.3, 0.4) is 0 Å². The number of methoxy groups -OCH3 is 1. The minimum Gasteiger partial charge on any atom is -0.497 e. The minimum atomic E-state index is -0.981. The van der Waals surface area contributed by atoms with Gasteiger partial charge in [-0.15, -0.1) is 0 Å². The predicted molar refractivity (Wildman–Crippen MR) is 122 cm³/mol. The first kappa shape index (κ1) is 20.8. The summed E-state index contributed by atoms with van der Waals surface area (Å²) in [5, 5.41) is 2.48. The van der Waals surface area contributed by atoms with Gasteiger partial charge in [-0.1, -0.05) is 53.5 Å². The number of rotatable bonds is 4. The molecule has 0 spiro atoms. The largest absolute Gasteiger partial charge is 0.497 e. The lowest BCUT2D eigenvalue weighted by molar-refractivity contribution is -0.126. The second kappa shape index (κ2) is 8.13. The number of imide groups is 1. The van der Waals surface area contributed by atoms with E-state index in [0.717, 1.165) is 4.90 Å². The molecule has 2 heterocycles. The molecule has 6 nitrogen and oxygen atoms in total. The molecule has 3 atom stereocenters. The lowest BCUT2D eigenvalue weighted by atomic mass is 9.90. The number of halogens is 2. The second-order valence-electron chi connectivity index (χ2n) is 7.54. The molecule has 8 heteroatoms. The average molecular weight is 469 g/mol. The van der Waals surface area contributed by atoms with Gasteiger partial charge in [-0.25, -0.2) is 9.96 Å². The zero-order valence-electron chi connectivity index (χ0n) is 16.9. The van der Waals surface area contributed by atoms with E-state index in [1.54, 1.807) is 47.5 Å². The van der Waals surface area contributed by atoms with Gasteiger partial charge in [0.15, 0.2) is 6.10 Å². The van der Waals surface area contributed by atoms with Crippen LogP contribution in [0.15, 0.2) is 72.8 Å². The molecular formula is C24H18Cl2N2O4. The molecule has 0 unspecified atom stereocenters. The van der Waals surface area contributed by atoms with E-state index in [4.69, 9.17) is 32.8 Å². The minimum absolute atomic E-state index is 0.359. The molecule has 3 aromatic carbocycles. The lowest BCUT2D eigenvalue weighted by Crippen LogP contribution is -2.37. The van der Waals surface area contributed by atoms with Crippen LogP contribution in [0.4, 0.5) is 11.4 Å². The molecule has 2 saturated heterocycles. The van der Waals surface area contributed by atoms with Gasteiger partial charge in [-0.05, 0) is 42.0 Å². The molecule has 5 rings (SSSR count). The number of amides is 2. The molecule has 2 amide bonds. The van der Waals surface area contributed by atoms with Gasteiger partial charge in [-0.3, -0.25) is 14.4 Å². The lowest BCUT2D eigenvalue weighted by Gasteiger charge is -2.29. The normalized spacial score (nSPS) is 22.4. The number of ether oxygens (including phenoxy) is 1. The van der Waals surface area contributed by atoms with Crippen LogP contribution in [-0.2, 0) is 14.4 Å². The van der Waals surface area contributed by atoms with Crippen molar-refractivity contribution in [2.24, 2.45) is 5.92 Å². The maximum absolute atomic E-state index is 13.6. The number of hydroxylamine groups is 1. The third-order valence-corrected chi connectivity index (χ3v) is 6.28. The van der Waals surface area contributed by atoms with Crippen LogP contribution in [0.25, 0.3) is 0 Å². The van der Waals surface area contributed by atoms with Gasteiger partial charge in [0.05, 0.1) is 24.5 Å². The first-order valence-electron chi connectivity index (χ1n) is 9.97. The number of fused-ring (bicyclic) bond motifs is 1. The van der Waals surface area contributed by atoms with E-state index < -0.39 is 24.0 Å². The van der Waals surface area contributed by atoms with Gasteiger partial charge in [0.25, 0.3) is 5.91 Å². The Morgan fingerprint density at radius 3 is 2.34 bits per heavy atom. The molecule has 0 radical (unpaired) electrons. The molecule has 2 aliphatic rings. The fraction of sp³-hybridized carbons (Fsp3) is 0.167. The smallest absolute Gasteiger partial charge is 0.266 e.